The van der Waals surface area contributed by atoms with E-state index in [4.69, 9.17) is 4.74 Å². The van der Waals surface area contributed by atoms with Crippen LogP contribution in [0.5, 0.6) is 5.75 Å². The zero-order valence-electron chi connectivity index (χ0n) is 15.8. The lowest BCUT2D eigenvalue weighted by atomic mass is 10.1. The fraction of sp³-hybridized carbons (Fsp3) is 0.261. The minimum Gasteiger partial charge on any atom is -0.489 e. The molecule has 28 heavy (non-hydrogen) atoms. The van der Waals surface area contributed by atoms with Gasteiger partial charge in [-0.1, -0.05) is 18.2 Å². The van der Waals surface area contributed by atoms with Gasteiger partial charge in [0, 0.05) is 28.8 Å². The molecule has 1 aliphatic heterocycles. The van der Waals surface area contributed by atoms with Gasteiger partial charge >= 0.3 is 0 Å². The Morgan fingerprint density at radius 2 is 2.00 bits per heavy atom. The highest BCUT2D eigenvalue weighted by Crippen LogP contribution is 2.23. The molecule has 0 aliphatic carbocycles. The average molecular weight is 374 g/mol. The number of aryl methyl sites for hydroxylation is 1. The van der Waals surface area contributed by atoms with E-state index >= 15 is 0 Å². The zero-order valence-corrected chi connectivity index (χ0v) is 15.8. The third kappa shape index (κ3) is 3.60. The summed E-state index contributed by atoms with van der Waals surface area (Å²) in [5.41, 5.74) is 3.56. The molecular weight excluding hydrogens is 352 g/mol. The highest BCUT2D eigenvalue weighted by atomic mass is 16.5. The van der Waals surface area contributed by atoms with Gasteiger partial charge in [-0.2, -0.15) is 0 Å². The average Bonchev–Trinajstić information content (AvgIpc) is 3.20. The van der Waals surface area contributed by atoms with Crippen molar-refractivity contribution in [2.45, 2.75) is 32.4 Å². The molecule has 142 valence electrons. The molecular formula is C23H22N2O3. The van der Waals surface area contributed by atoms with Crippen molar-refractivity contribution in [3.05, 3.63) is 71.4 Å². The molecule has 1 unspecified atom stereocenters. The van der Waals surface area contributed by atoms with Crippen LogP contribution in [-0.2, 0) is 11.4 Å². The summed E-state index contributed by atoms with van der Waals surface area (Å²) in [6, 6.07) is 16.9. The van der Waals surface area contributed by atoms with Crippen LogP contribution in [0.15, 0.2) is 54.6 Å². The van der Waals surface area contributed by atoms with E-state index in [1.165, 1.54) is 0 Å². The van der Waals surface area contributed by atoms with Gasteiger partial charge in [-0.05, 0) is 56.2 Å². The molecule has 0 bridgehead atoms. The van der Waals surface area contributed by atoms with E-state index in [-0.39, 0.29) is 11.9 Å². The number of carbonyl (C=O) groups is 2. The molecule has 0 N–H and O–H groups in total. The monoisotopic (exact) mass is 374 g/mol. The summed E-state index contributed by atoms with van der Waals surface area (Å²) < 4.78 is 5.95. The lowest BCUT2D eigenvalue weighted by molar-refractivity contribution is -0.111. The van der Waals surface area contributed by atoms with Gasteiger partial charge in [0.1, 0.15) is 18.6 Å². The van der Waals surface area contributed by atoms with Gasteiger partial charge in [-0.25, -0.2) is 0 Å². The van der Waals surface area contributed by atoms with Gasteiger partial charge in [0.05, 0.1) is 11.6 Å². The van der Waals surface area contributed by atoms with Crippen molar-refractivity contribution in [1.29, 1.82) is 0 Å². The van der Waals surface area contributed by atoms with Crippen LogP contribution in [0.4, 0.5) is 0 Å². The Bertz CT molecular complexity index is 1010. The van der Waals surface area contributed by atoms with E-state index in [2.05, 4.69) is 4.98 Å². The number of ether oxygens (including phenoxy) is 1. The van der Waals surface area contributed by atoms with E-state index in [9.17, 15) is 9.59 Å². The van der Waals surface area contributed by atoms with Crippen molar-refractivity contribution >= 4 is 23.1 Å². The van der Waals surface area contributed by atoms with Crippen molar-refractivity contribution in [1.82, 2.24) is 9.88 Å². The molecule has 1 aliphatic rings. The van der Waals surface area contributed by atoms with Crippen molar-refractivity contribution in [3.8, 4) is 5.75 Å². The first-order valence-electron chi connectivity index (χ1n) is 9.50. The molecule has 1 atom stereocenters. The van der Waals surface area contributed by atoms with Crippen molar-refractivity contribution in [2.24, 2.45) is 0 Å². The van der Waals surface area contributed by atoms with Gasteiger partial charge in [-0.15, -0.1) is 0 Å². The number of carbonyl (C=O) groups excluding carboxylic acids is 2. The summed E-state index contributed by atoms with van der Waals surface area (Å²) >= 11 is 0. The van der Waals surface area contributed by atoms with Gasteiger partial charge in [0.25, 0.3) is 5.91 Å². The quantitative estimate of drug-likeness (QED) is 0.635. The molecule has 1 amide bonds. The van der Waals surface area contributed by atoms with Gasteiger partial charge in [0.2, 0.25) is 0 Å². The molecule has 5 nitrogen and oxygen atoms in total. The predicted molar refractivity (Wildman–Crippen MR) is 107 cm³/mol. The molecule has 3 aromatic rings. The topological polar surface area (TPSA) is 59.5 Å². The van der Waals surface area contributed by atoms with Crippen LogP contribution in [0.2, 0.25) is 0 Å². The summed E-state index contributed by atoms with van der Waals surface area (Å²) in [6.07, 6.45) is 2.48. The normalized spacial score (nSPS) is 16.3. The summed E-state index contributed by atoms with van der Waals surface area (Å²) in [5.74, 6) is 0.598. The summed E-state index contributed by atoms with van der Waals surface area (Å²) in [6.45, 7) is 3.03. The van der Waals surface area contributed by atoms with Crippen molar-refractivity contribution < 1.29 is 14.3 Å². The first kappa shape index (κ1) is 18.2. The Hall–Kier alpha value is -3.21. The minimum atomic E-state index is -0.299. The molecule has 1 aromatic heterocycles. The Kier molecular flexibility index (Phi) is 5.06. The number of benzene rings is 2. The number of nitrogens with zero attached hydrogens (tertiary/aromatic N) is 2. The van der Waals surface area contributed by atoms with E-state index in [1.807, 2.05) is 37.3 Å². The van der Waals surface area contributed by atoms with E-state index < -0.39 is 0 Å². The Morgan fingerprint density at radius 3 is 2.79 bits per heavy atom. The molecule has 5 heteroatoms. The van der Waals surface area contributed by atoms with Crippen LogP contribution >= 0.6 is 0 Å². The number of hydrogen-bond acceptors (Lipinski definition) is 4. The number of pyridine rings is 1. The number of rotatable bonds is 5. The fourth-order valence-corrected chi connectivity index (χ4v) is 3.72. The van der Waals surface area contributed by atoms with E-state index in [0.29, 0.717) is 24.5 Å². The molecule has 0 radical (unpaired) electrons. The molecule has 0 spiro atoms. The van der Waals surface area contributed by atoms with E-state index in [1.54, 1.807) is 29.2 Å². The fourth-order valence-electron chi connectivity index (χ4n) is 3.72. The summed E-state index contributed by atoms with van der Waals surface area (Å²) in [7, 11) is 0. The number of amides is 1. The number of para-hydroxylation sites is 1. The molecule has 4 rings (SSSR count). The first-order chi connectivity index (χ1) is 13.7. The second-order valence-electron chi connectivity index (χ2n) is 7.10. The third-order valence-electron chi connectivity index (χ3n) is 5.14. The van der Waals surface area contributed by atoms with Crippen LogP contribution < -0.4 is 4.74 Å². The number of fused-ring (bicyclic) bond motifs is 1. The highest BCUT2D eigenvalue weighted by molar-refractivity contribution is 5.96. The Balaban J connectivity index is 1.47. The van der Waals surface area contributed by atoms with Gasteiger partial charge < -0.3 is 14.4 Å². The SMILES string of the molecule is Cc1cc(COc2ccc(C(=O)N3CCCC3C=O)cc2)c2ccccc2n1. The number of hydrogen-bond donors (Lipinski definition) is 0. The zero-order chi connectivity index (χ0) is 19.5. The Labute approximate surface area is 163 Å². The number of aldehydes is 1. The first-order valence-corrected chi connectivity index (χ1v) is 9.50. The van der Waals surface area contributed by atoms with Crippen molar-refractivity contribution in [2.75, 3.05) is 6.54 Å². The van der Waals surface area contributed by atoms with Crippen LogP contribution in [-0.4, -0.2) is 34.7 Å². The van der Waals surface area contributed by atoms with Gasteiger partial charge in [-0.3, -0.25) is 9.78 Å². The third-order valence-corrected chi connectivity index (χ3v) is 5.14. The van der Waals surface area contributed by atoms with E-state index in [0.717, 1.165) is 41.3 Å². The standard InChI is InChI=1S/C23H22N2O3/c1-16-13-18(21-6-2-3-7-22(21)24-16)15-28-20-10-8-17(9-11-20)23(27)25-12-4-5-19(25)14-26/h2-3,6-11,13-14,19H,4-5,12,15H2,1H3. The summed E-state index contributed by atoms with van der Waals surface area (Å²) in [4.78, 5) is 29.9. The lowest BCUT2D eigenvalue weighted by Gasteiger charge is -2.20. The smallest absolute Gasteiger partial charge is 0.254 e. The maximum atomic E-state index is 12.6. The lowest BCUT2D eigenvalue weighted by Crippen LogP contribution is -2.36. The maximum absolute atomic E-state index is 12.6. The number of aromatic nitrogens is 1. The second kappa shape index (κ2) is 7.80. The van der Waals surface area contributed by atoms with Crippen LogP contribution in [0.25, 0.3) is 10.9 Å². The van der Waals surface area contributed by atoms with Crippen LogP contribution in [0, 0.1) is 6.92 Å². The molecule has 0 saturated carbocycles. The highest BCUT2D eigenvalue weighted by Gasteiger charge is 2.28. The maximum Gasteiger partial charge on any atom is 0.254 e. The predicted octanol–water partition coefficient (Wildman–Crippen LogP) is 3.93. The minimum absolute atomic E-state index is 0.100. The van der Waals surface area contributed by atoms with Crippen molar-refractivity contribution in [3.63, 3.8) is 0 Å². The van der Waals surface area contributed by atoms with Crippen LogP contribution in [0.3, 0.4) is 0 Å². The largest absolute Gasteiger partial charge is 0.489 e. The second-order valence-corrected chi connectivity index (χ2v) is 7.10. The molecule has 2 aromatic carbocycles. The van der Waals surface area contributed by atoms with Gasteiger partial charge in [0.15, 0.2) is 0 Å². The molecule has 2 heterocycles. The molecule has 1 fully saturated rings. The Morgan fingerprint density at radius 1 is 1.21 bits per heavy atom. The molecule has 1 saturated heterocycles. The van der Waals surface area contributed by atoms with Crippen LogP contribution in [0.1, 0.15) is 34.5 Å². The summed E-state index contributed by atoms with van der Waals surface area (Å²) in [5, 5.41) is 1.08. The number of likely N-dealkylation sites (tertiary alicyclic amines) is 1.